The first-order valence-electron chi connectivity index (χ1n) is 15.4. The molecule has 3 saturated heterocycles. The highest BCUT2D eigenvalue weighted by Gasteiger charge is 2.30. The molecule has 12 nitrogen and oxygen atoms in total. The maximum atomic E-state index is 13.2. The molecule has 1 atom stereocenters. The zero-order valence-electron chi connectivity index (χ0n) is 25.3. The number of sulfonamides is 1. The van der Waals surface area contributed by atoms with Gasteiger partial charge in [0.05, 0.1) is 10.4 Å². The number of likely N-dealkylation sites (tertiary alicyclic amines) is 1. The first-order chi connectivity index (χ1) is 21.1. The van der Waals surface area contributed by atoms with Crippen LogP contribution in [0.25, 0.3) is 10.9 Å². The smallest absolute Gasteiger partial charge is 0.329 e. The van der Waals surface area contributed by atoms with Gasteiger partial charge in [-0.1, -0.05) is 12.1 Å². The Bertz CT molecular complexity index is 1640. The van der Waals surface area contributed by atoms with Crippen molar-refractivity contribution >= 4 is 38.7 Å². The van der Waals surface area contributed by atoms with Gasteiger partial charge in [-0.05, 0) is 81.4 Å². The summed E-state index contributed by atoms with van der Waals surface area (Å²) < 4.78 is 35.9. The van der Waals surface area contributed by atoms with Crippen LogP contribution in [0.3, 0.4) is 0 Å². The maximum Gasteiger partial charge on any atom is 0.329 e. The van der Waals surface area contributed by atoms with Gasteiger partial charge in [0.1, 0.15) is 11.9 Å². The summed E-state index contributed by atoms with van der Waals surface area (Å²) in [5, 5.41) is 7.87. The number of ether oxygens (including phenoxy) is 1. The van der Waals surface area contributed by atoms with E-state index in [-0.39, 0.29) is 29.4 Å². The van der Waals surface area contributed by atoms with Gasteiger partial charge in [-0.25, -0.2) is 13.2 Å². The number of aromatic nitrogens is 2. The van der Waals surface area contributed by atoms with Gasteiger partial charge in [-0.2, -0.15) is 9.40 Å². The van der Waals surface area contributed by atoms with Gasteiger partial charge >= 0.3 is 6.03 Å². The van der Waals surface area contributed by atoms with E-state index in [2.05, 4.69) is 27.4 Å². The third-order valence-corrected chi connectivity index (χ3v) is 10.9. The minimum atomic E-state index is -3.58. The molecular formula is C31H41N7O5S. The molecule has 0 bridgehead atoms. The Labute approximate surface area is 258 Å². The number of carbonyl (C=O) groups is 2. The van der Waals surface area contributed by atoms with Crippen molar-refractivity contribution in [2.45, 2.75) is 62.0 Å². The average molecular weight is 624 g/mol. The quantitative estimate of drug-likeness (QED) is 0.390. The number of nitrogens with two attached hydrogens (primary N) is 1. The van der Waals surface area contributed by atoms with E-state index in [0.717, 1.165) is 43.4 Å². The minimum absolute atomic E-state index is 0.0604. The van der Waals surface area contributed by atoms with E-state index in [4.69, 9.17) is 10.5 Å². The lowest BCUT2D eigenvalue weighted by molar-refractivity contribution is -0.120. The molecule has 3 aliphatic heterocycles. The molecule has 3 fully saturated rings. The molecule has 3 aliphatic rings. The fraction of sp³-hybridized carbons (Fsp3) is 0.516. The number of amides is 3. The monoisotopic (exact) mass is 623 g/mol. The van der Waals surface area contributed by atoms with Crippen LogP contribution in [0.1, 0.15) is 50.5 Å². The van der Waals surface area contributed by atoms with Crippen LogP contribution in [0.4, 0.5) is 10.6 Å². The SMILES string of the molecule is C[C@H](CN1CCC(c2ccc3c(N4CCC(=O)NC4=O)nn(C)c3c2)CC1)Oc1cccc(S(=O)(=O)N2CCC(N)CC2)c1. The topological polar surface area (TPSA) is 143 Å². The Morgan fingerprint density at radius 2 is 1.77 bits per heavy atom. The number of hydrogen-bond donors (Lipinski definition) is 2. The Morgan fingerprint density at radius 1 is 1.02 bits per heavy atom. The van der Waals surface area contributed by atoms with Crippen LogP contribution in [-0.2, 0) is 21.9 Å². The molecule has 2 aromatic carbocycles. The van der Waals surface area contributed by atoms with E-state index >= 15 is 0 Å². The van der Waals surface area contributed by atoms with Gasteiger partial charge < -0.3 is 10.5 Å². The molecule has 13 heteroatoms. The van der Waals surface area contributed by atoms with Crippen LogP contribution < -0.4 is 20.7 Å². The van der Waals surface area contributed by atoms with E-state index in [0.29, 0.717) is 50.0 Å². The van der Waals surface area contributed by atoms with E-state index in [1.165, 1.54) is 14.8 Å². The van der Waals surface area contributed by atoms with E-state index < -0.39 is 16.1 Å². The lowest BCUT2D eigenvalue weighted by Crippen LogP contribution is -2.49. The fourth-order valence-electron chi connectivity index (χ4n) is 6.53. The molecule has 3 aromatic rings. The molecule has 0 spiro atoms. The van der Waals surface area contributed by atoms with Gasteiger partial charge in [0.25, 0.3) is 0 Å². The fourth-order valence-corrected chi connectivity index (χ4v) is 8.04. The van der Waals surface area contributed by atoms with Crippen molar-refractivity contribution in [3.05, 3.63) is 48.0 Å². The van der Waals surface area contributed by atoms with E-state index in [9.17, 15) is 18.0 Å². The van der Waals surface area contributed by atoms with Gasteiger partial charge in [0, 0.05) is 57.1 Å². The van der Waals surface area contributed by atoms with E-state index in [1.807, 2.05) is 26.1 Å². The van der Waals surface area contributed by atoms with Crippen molar-refractivity contribution in [1.82, 2.24) is 24.3 Å². The second-order valence-corrected chi connectivity index (χ2v) is 14.1. The second kappa shape index (κ2) is 12.5. The summed E-state index contributed by atoms with van der Waals surface area (Å²) in [5.41, 5.74) is 8.17. The standard InChI is InChI=1S/C31H41N7O5S/c1-21(43-25-4-3-5-26(19-25)44(41,42)37-15-10-24(32)11-16-37)20-36-13-8-22(9-14-36)23-6-7-27-28(18-23)35(2)34-30(27)38-17-12-29(39)33-31(38)40/h3-7,18-19,21-22,24H,8-17,20,32H2,1-2H3,(H,33,39,40)/t21-/m1/s1. The number of nitrogens with one attached hydrogen (secondary N) is 1. The van der Waals surface area contributed by atoms with Gasteiger partial charge in [-0.15, -0.1) is 0 Å². The van der Waals surface area contributed by atoms with Gasteiger partial charge in [0.15, 0.2) is 5.82 Å². The van der Waals surface area contributed by atoms with Crippen molar-refractivity contribution in [3.63, 3.8) is 0 Å². The number of piperidine rings is 2. The summed E-state index contributed by atoms with van der Waals surface area (Å²) in [7, 11) is -1.70. The minimum Gasteiger partial charge on any atom is -0.489 e. The summed E-state index contributed by atoms with van der Waals surface area (Å²) in [6.45, 7) is 5.83. The molecule has 0 aliphatic carbocycles. The molecule has 0 unspecified atom stereocenters. The highest BCUT2D eigenvalue weighted by Crippen LogP contribution is 2.34. The highest BCUT2D eigenvalue weighted by molar-refractivity contribution is 7.89. The molecule has 236 valence electrons. The second-order valence-electron chi connectivity index (χ2n) is 12.2. The van der Waals surface area contributed by atoms with E-state index in [1.54, 1.807) is 22.9 Å². The van der Waals surface area contributed by atoms with Crippen LogP contribution in [0, 0.1) is 0 Å². The largest absolute Gasteiger partial charge is 0.489 e. The summed E-state index contributed by atoms with van der Waals surface area (Å²) in [6, 6.07) is 12.8. The normalized spacial score (nSPS) is 20.7. The lowest BCUT2D eigenvalue weighted by atomic mass is 9.89. The Morgan fingerprint density at radius 3 is 2.50 bits per heavy atom. The van der Waals surface area contributed by atoms with Crippen molar-refractivity contribution in [3.8, 4) is 5.75 Å². The van der Waals surface area contributed by atoms with Crippen LogP contribution in [0.2, 0.25) is 0 Å². The summed E-state index contributed by atoms with van der Waals surface area (Å²) in [6.07, 6.45) is 3.51. The molecule has 3 N–H and O–H groups in total. The number of nitrogens with zero attached hydrogens (tertiary/aromatic N) is 5. The maximum absolute atomic E-state index is 13.2. The number of urea groups is 1. The first kappa shape index (κ1) is 30.5. The molecule has 1 aromatic heterocycles. The molecule has 44 heavy (non-hydrogen) atoms. The predicted molar refractivity (Wildman–Crippen MR) is 167 cm³/mol. The molecule has 0 saturated carbocycles. The Hall–Kier alpha value is -3.52. The van der Waals surface area contributed by atoms with Crippen LogP contribution in [0.15, 0.2) is 47.4 Å². The van der Waals surface area contributed by atoms with Crippen LogP contribution in [-0.4, -0.2) is 90.8 Å². The Balaban J connectivity index is 1.04. The molecule has 3 amide bonds. The predicted octanol–water partition coefficient (Wildman–Crippen LogP) is 2.78. The number of aryl methyl sites for hydroxylation is 1. The number of carbonyl (C=O) groups excluding carboxylic acids is 2. The van der Waals surface area contributed by atoms with Crippen LogP contribution >= 0.6 is 0 Å². The van der Waals surface area contributed by atoms with Gasteiger partial charge in [-0.3, -0.25) is 24.6 Å². The summed E-state index contributed by atoms with van der Waals surface area (Å²) in [4.78, 5) is 28.2. The lowest BCUT2D eigenvalue weighted by Gasteiger charge is -2.34. The van der Waals surface area contributed by atoms with Crippen LogP contribution in [0.5, 0.6) is 5.75 Å². The zero-order chi connectivity index (χ0) is 31.0. The first-order valence-corrected chi connectivity index (χ1v) is 16.9. The number of fused-ring (bicyclic) bond motifs is 1. The van der Waals surface area contributed by atoms with Crippen molar-refractivity contribution in [1.29, 1.82) is 0 Å². The number of benzene rings is 2. The molecule has 4 heterocycles. The summed E-state index contributed by atoms with van der Waals surface area (Å²) >= 11 is 0. The Kier molecular flexibility index (Phi) is 8.64. The molecule has 6 rings (SSSR count). The zero-order valence-corrected chi connectivity index (χ0v) is 26.1. The van der Waals surface area contributed by atoms with Gasteiger partial charge in [0.2, 0.25) is 15.9 Å². The van der Waals surface area contributed by atoms with Crippen molar-refractivity contribution in [2.24, 2.45) is 12.8 Å². The number of anilines is 1. The molecular weight excluding hydrogens is 582 g/mol. The average Bonchev–Trinajstić information content (AvgIpc) is 3.33. The summed E-state index contributed by atoms with van der Waals surface area (Å²) in [5.74, 6) is 1.27. The third kappa shape index (κ3) is 6.32. The molecule has 0 radical (unpaired) electrons. The number of hydrogen-bond acceptors (Lipinski definition) is 8. The number of imide groups is 1. The number of rotatable bonds is 8. The van der Waals surface area contributed by atoms with Crippen molar-refractivity contribution in [2.75, 3.05) is 44.2 Å². The highest BCUT2D eigenvalue weighted by atomic mass is 32.2. The third-order valence-electron chi connectivity index (χ3n) is 9.02. The van der Waals surface area contributed by atoms with Crippen molar-refractivity contribution < 1.29 is 22.7 Å².